The fourth-order valence-corrected chi connectivity index (χ4v) is 3.85. The van der Waals surface area contributed by atoms with Gasteiger partial charge in [-0.3, -0.25) is 10.3 Å². The van der Waals surface area contributed by atoms with Gasteiger partial charge in [0.1, 0.15) is 0 Å². The summed E-state index contributed by atoms with van der Waals surface area (Å²) in [6.07, 6.45) is 3.47. The zero-order valence-electron chi connectivity index (χ0n) is 14.8. The first-order valence-corrected chi connectivity index (χ1v) is 9.96. The number of thiazole rings is 1. The van der Waals surface area contributed by atoms with Gasteiger partial charge < -0.3 is 9.73 Å². The van der Waals surface area contributed by atoms with Crippen LogP contribution in [0.15, 0.2) is 52.3 Å². The molecule has 0 aliphatic heterocycles. The van der Waals surface area contributed by atoms with Gasteiger partial charge in [-0.25, -0.2) is 9.97 Å². The van der Waals surface area contributed by atoms with Crippen molar-refractivity contribution < 1.29 is 4.42 Å². The molecule has 0 spiro atoms. The number of hydrogen-bond acceptors (Lipinski definition) is 8. The minimum atomic E-state index is 0.413. The van der Waals surface area contributed by atoms with Crippen LogP contribution in [0.4, 0.5) is 16.8 Å². The average Bonchev–Trinajstić information content (AvgIpc) is 3.38. The molecule has 4 rings (SSSR count). The average molecular weight is 396 g/mol. The summed E-state index contributed by atoms with van der Waals surface area (Å²) >= 11 is 3.14. The number of hydrogen-bond donors (Lipinski definition) is 2. The van der Waals surface area contributed by atoms with E-state index in [1.54, 1.807) is 23.7 Å². The Kier molecular flexibility index (Phi) is 4.74. The highest BCUT2D eigenvalue weighted by molar-refractivity contribution is 7.13. The maximum atomic E-state index is 5.77. The second-order valence-electron chi connectivity index (χ2n) is 5.88. The third-order valence-electron chi connectivity index (χ3n) is 3.84. The molecule has 8 heteroatoms. The van der Waals surface area contributed by atoms with Crippen molar-refractivity contribution >= 4 is 45.2 Å². The first-order chi connectivity index (χ1) is 13.1. The molecule has 0 amide bonds. The Bertz CT molecular complexity index is 1090. The summed E-state index contributed by atoms with van der Waals surface area (Å²) in [6.45, 7) is 8.07. The van der Waals surface area contributed by atoms with E-state index in [0.29, 0.717) is 16.8 Å². The largest absolute Gasteiger partial charge is 0.423 e. The normalized spacial score (nSPS) is 10.7. The molecule has 4 aromatic rings. The summed E-state index contributed by atoms with van der Waals surface area (Å²) in [4.78, 5) is 14.3. The van der Waals surface area contributed by atoms with E-state index < -0.39 is 0 Å². The van der Waals surface area contributed by atoms with Gasteiger partial charge in [0.25, 0.3) is 0 Å². The van der Waals surface area contributed by atoms with Crippen LogP contribution in [-0.4, -0.2) is 15.0 Å². The number of aryl methyl sites for hydroxylation is 2. The van der Waals surface area contributed by atoms with Crippen LogP contribution in [0.2, 0.25) is 0 Å². The molecule has 6 nitrogen and oxygen atoms in total. The molecular formula is C19H17N5OS2. The lowest BCUT2D eigenvalue weighted by atomic mass is 10.3. The topological polar surface area (TPSA) is 75.9 Å². The van der Waals surface area contributed by atoms with E-state index in [2.05, 4.69) is 50.5 Å². The summed E-state index contributed by atoms with van der Waals surface area (Å²) in [5.74, 6) is 0.733. The SMILES string of the molecule is C=C(Nc1cccnc1C)c1csc(Nc2ncc(-c3csc(C)c3)o2)n1. The lowest BCUT2D eigenvalue weighted by Crippen LogP contribution is -2.00. The van der Waals surface area contributed by atoms with Gasteiger partial charge in [-0.05, 0) is 32.0 Å². The lowest BCUT2D eigenvalue weighted by Gasteiger charge is -2.09. The number of aromatic nitrogens is 3. The predicted molar refractivity (Wildman–Crippen MR) is 112 cm³/mol. The standard InChI is InChI=1S/C19H17N5OS2/c1-11-7-14(9-26-11)17-8-21-18(25-17)24-19-23-16(10-27-19)13(3)22-15-5-4-6-20-12(15)2/h4-10,22H,3H2,1-2H3,(H,21,23,24). The molecule has 2 N–H and O–H groups in total. The minimum Gasteiger partial charge on any atom is -0.423 e. The monoisotopic (exact) mass is 395 g/mol. The van der Waals surface area contributed by atoms with Crippen molar-refractivity contribution in [2.45, 2.75) is 13.8 Å². The Labute approximate surface area is 164 Å². The van der Waals surface area contributed by atoms with Crippen LogP contribution in [0.25, 0.3) is 17.0 Å². The Morgan fingerprint density at radius 1 is 1.19 bits per heavy atom. The molecule has 136 valence electrons. The predicted octanol–water partition coefficient (Wildman–Crippen LogP) is 5.70. The Balaban J connectivity index is 1.44. The highest BCUT2D eigenvalue weighted by Gasteiger charge is 2.11. The first kappa shape index (κ1) is 17.4. The molecule has 0 aromatic carbocycles. The van der Waals surface area contributed by atoms with Crippen molar-refractivity contribution in [2.24, 2.45) is 0 Å². The van der Waals surface area contributed by atoms with Crippen molar-refractivity contribution in [3.8, 4) is 11.3 Å². The lowest BCUT2D eigenvalue weighted by molar-refractivity contribution is 0.592. The fraction of sp³-hybridized carbons (Fsp3) is 0.105. The van der Waals surface area contributed by atoms with E-state index in [0.717, 1.165) is 28.4 Å². The van der Waals surface area contributed by atoms with Crippen molar-refractivity contribution in [3.63, 3.8) is 0 Å². The quantitative estimate of drug-likeness (QED) is 0.436. The molecule has 0 atom stereocenters. The molecule has 27 heavy (non-hydrogen) atoms. The van der Waals surface area contributed by atoms with Crippen molar-refractivity contribution in [3.05, 3.63) is 64.2 Å². The molecule has 0 unspecified atom stereocenters. The van der Waals surface area contributed by atoms with E-state index in [-0.39, 0.29) is 0 Å². The highest BCUT2D eigenvalue weighted by Crippen LogP contribution is 2.29. The van der Waals surface area contributed by atoms with Gasteiger partial charge >= 0.3 is 6.01 Å². The second-order valence-corrected chi connectivity index (χ2v) is 7.85. The van der Waals surface area contributed by atoms with Gasteiger partial charge in [-0.1, -0.05) is 6.58 Å². The number of anilines is 3. The fourth-order valence-electron chi connectivity index (χ4n) is 2.44. The van der Waals surface area contributed by atoms with Crippen molar-refractivity contribution in [2.75, 3.05) is 10.6 Å². The van der Waals surface area contributed by atoms with Crippen LogP contribution >= 0.6 is 22.7 Å². The van der Waals surface area contributed by atoms with E-state index >= 15 is 0 Å². The third-order valence-corrected chi connectivity index (χ3v) is 5.46. The highest BCUT2D eigenvalue weighted by atomic mass is 32.1. The van der Waals surface area contributed by atoms with E-state index in [4.69, 9.17) is 4.42 Å². The zero-order valence-corrected chi connectivity index (χ0v) is 16.4. The van der Waals surface area contributed by atoms with Crippen LogP contribution in [-0.2, 0) is 0 Å². The third kappa shape index (κ3) is 3.91. The number of pyridine rings is 1. The summed E-state index contributed by atoms with van der Waals surface area (Å²) in [6, 6.07) is 6.33. The van der Waals surface area contributed by atoms with Gasteiger partial charge in [0.2, 0.25) is 0 Å². The number of rotatable bonds is 6. The number of nitrogens with one attached hydrogen (secondary N) is 2. The molecule has 4 aromatic heterocycles. The molecule has 0 bridgehead atoms. The van der Waals surface area contributed by atoms with Gasteiger partial charge in [-0.15, -0.1) is 22.7 Å². The number of nitrogens with zero attached hydrogens (tertiary/aromatic N) is 3. The Hall–Kier alpha value is -2.97. The molecule has 0 aliphatic rings. The summed E-state index contributed by atoms with van der Waals surface area (Å²) in [5.41, 5.74) is 4.31. The van der Waals surface area contributed by atoms with Gasteiger partial charge in [0.05, 0.1) is 29.0 Å². The smallest absolute Gasteiger partial charge is 0.301 e. The second kappa shape index (κ2) is 7.34. The zero-order chi connectivity index (χ0) is 18.8. The summed E-state index contributed by atoms with van der Waals surface area (Å²) in [7, 11) is 0. The van der Waals surface area contributed by atoms with Gasteiger partial charge in [0.15, 0.2) is 10.9 Å². The summed E-state index contributed by atoms with van der Waals surface area (Å²) in [5, 5.41) is 11.0. The van der Waals surface area contributed by atoms with E-state index in [1.807, 2.05) is 24.4 Å². The van der Waals surface area contributed by atoms with Crippen LogP contribution in [0.3, 0.4) is 0 Å². The minimum absolute atomic E-state index is 0.413. The number of oxazole rings is 1. The molecule has 4 heterocycles. The van der Waals surface area contributed by atoms with Crippen LogP contribution in [0.1, 0.15) is 16.3 Å². The molecular weight excluding hydrogens is 378 g/mol. The summed E-state index contributed by atoms with van der Waals surface area (Å²) < 4.78 is 5.77. The van der Waals surface area contributed by atoms with Crippen molar-refractivity contribution in [1.29, 1.82) is 0 Å². The van der Waals surface area contributed by atoms with E-state index in [9.17, 15) is 0 Å². The van der Waals surface area contributed by atoms with Crippen LogP contribution < -0.4 is 10.6 Å². The molecule has 0 aliphatic carbocycles. The van der Waals surface area contributed by atoms with Crippen molar-refractivity contribution in [1.82, 2.24) is 15.0 Å². The molecule has 0 radical (unpaired) electrons. The molecule has 0 saturated heterocycles. The maximum absolute atomic E-state index is 5.77. The van der Waals surface area contributed by atoms with Crippen LogP contribution in [0.5, 0.6) is 0 Å². The Morgan fingerprint density at radius 3 is 2.85 bits per heavy atom. The van der Waals surface area contributed by atoms with Gasteiger partial charge in [-0.2, -0.15) is 0 Å². The maximum Gasteiger partial charge on any atom is 0.301 e. The van der Waals surface area contributed by atoms with Crippen LogP contribution in [0, 0.1) is 13.8 Å². The molecule has 0 fully saturated rings. The first-order valence-electron chi connectivity index (χ1n) is 8.20. The Morgan fingerprint density at radius 2 is 2.07 bits per heavy atom. The number of thiophene rings is 1. The van der Waals surface area contributed by atoms with Gasteiger partial charge in [0, 0.05) is 27.4 Å². The van der Waals surface area contributed by atoms with E-state index in [1.165, 1.54) is 16.2 Å². The molecule has 0 saturated carbocycles.